The van der Waals surface area contributed by atoms with E-state index >= 15 is 0 Å². The van der Waals surface area contributed by atoms with Gasteiger partial charge < -0.3 is 4.74 Å². The van der Waals surface area contributed by atoms with Crippen LogP contribution in [0, 0.1) is 0 Å². The molecular weight excluding hydrogens is 305 g/mol. The van der Waals surface area contributed by atoms with Crippen LogP contribution in [0.15, 0.2) is 66.7 Å². The SMILES string of the molecule is C=C(C)C(=O)OC(c1ccccc1)c1cccc(C(F)(F)F)c1. The maximum Gasteiger partial charge on any atom is 0.416 e. The number of ether oxygens (including phenoxy) is 1. The normalized spacial score (nSPS) is 12.5. The van der Waals surface area contributed by atoms with Gasteiger partial charge in [-0.15, -0.1) is 0 Å². The molecule has 0 radical (unpaired) electrons. The van der Waals surface area contributed by atoms with Crippen molar-refractivity contribution in [3.05, 3.63) is 83.4 Å². The summed E-state index contributed by atoms with van der Waals surface area (Å²) < 4.78 is 44.1. The Morgan fingerprint density at radius 1 is 1.04 bits per heavy atom. The highest BCUT2D eigenvalue weighted by Crippen LogP contribution is 2.33. The second-order valence-corrected chi connectivity index (χ2v) is 5.10. The Labute approximate surface area is 132 Å². The van der Waals surface area contributed by atoms with Gasteiger partial charge in [0, 0.05) is 5.57 Å². The molecule has 2 rings (SSSR count). The second-order valence-electron chi connectivity index (χ2n) is 5.10. The van der Waals surface area contributed by atoms with Crippen molar-refractivity contribution in [3.8, 4) is 0 Å². The summed E-state index contributed by atoms with van der Waals surface area (Å²) >= 11 is 0. The van der Waals surface area contributed by atoms with E-state index < -0.39 is 23.8 Å². The lowest BCUT2D eigenvalue weighted by molar-refractivity contribution is -0.142. The molecule has 2 aromatic carbocycles. The summed E-state index contributed by atoms with van der Waals surface area (Å²) in [6.45, 7) is 4.98. The summed E-state index contributed by atoms with van der Waals surface area (Å²) in [7, 11) is 0. The maximum absolute atomic E-state index is 12.9. The number of hydrogen-bond acceptors (Lipinski definition) is 2. The van der Waals surface area contributed by atoms with E-state index in [9.17, 15) is 18.0 Å². The second kappa shape index (κ2) is 6.69. The fourth-order valence-corrected chi connectivity index (χ4v) is 2.04. The quantitative estimate of drug-likeness (QED) is 0.591. The van der Waals surface area contributed by atoms with Gasteiger partial charge in [0.25, 0.3) is 0 Å². The number of benzene rings is 2. The fraction of sp³-hybridized carbons (Fsp3) is 0.167. The minimum Gasteiger partial charge on any atom is -0.449 e. The molecule has 2 nitrogen and oxygen atoms in total. The van der Waals surface area contributed by atoms with Crippen LogP contribution in [0.1, 0.15) is 29.7 Å². The van der Waals surface area contributed by atoms with Crippen LogP contribution in [0.5, 0.6) is 0 Å². The Bertz CT molecular complexity index is 706. The molecule has 0 aliphatic heterocycles. The molecule has 0 saturated heterocycles. The highest BCUT2D eigenvalue weighted by molar-refractivity contribution is 5.87. The van der Waals surface area contributed by atoms with Gasteiger partial charge in [-0.3, -0.25) is 0 Å². The number of esters is 1. The van der Waals surface area contributed by atoms with Crippen LogP contribution in [-0.4, -0.2) is 5.97 Å². The molecule has 0 heterocycles. The lowest BCUT2D eigenvalue weighted by atomic mass is 9.99. The van der Waals surface area contributed by atoms with Crippen molar-refractivity contribution in [3.63, 3.8) is 0 Å². The van der Waals surface area contributed by atoms with E-state index in [4.69, 9.17) is 4.74 Å². The first-order valence-corrected chi connectivity index (χ1v) is 6.87. The molecule has 5 heteroatoms. The van der Waals surface area contributed by atoms with Crippen molar-refractivity contribution >= 4 is 5.97 Å². The van der Waals surface area contributed by atoms with Gasteiger partial charge in [-0.05, 0) is 30.2 Å². The van der Waals surface area contributed by atoms with Crippen LogP contribution in [0.2, 0.25) is 0 Å². The minimum absolute atomic E-state index is 0.179. The average molecular weight is 320 g/mol. The lowest BCUT2D eigenvalue weighted by Crippen LogP contribution is -2.14. The topological polar surface area (TPSA) is 26.3 Å². The molecule has 0 aliphatic rings. The Balaban J connectivity index is 2.46. The van der Waals surface area contributed by atoms with Crippen LogP contribution < -0.4 is 0 Å². The third-order valence-corrected chi connectivity index (χ3v) is 3.19. The summed E-state index contributed by atoms with van der Waals surface area (Å²) in [6, 6.07) is 13.4. The summed E-state index contributed by atoms with van der Waals surface area (Å²) in [4.78, 5) is 11.8. The Morgan fingerprint density at radius 2 is 1.65 bits per heavy atom. The van der Waals surface area contributed by atoms with Crippen LogP contribution in [-0.2, 0) is 15.7 Å². The average Bonchev–Trinajstić information content (AvgIpc) is 2.52. The Hall–Kier alpha value is -2.56. The van der Waals surface area contributed by atoms with Gasteiger partial charge in [0.2, 0.25) is 0 Å². The maximum atomic E-state index is 12.9. The molecule has 0 fully saturated rings. The minimum atomic E-state index is -4.46. The van der Waals surface area contributed by atoms with Crippen molar-refractivity contribution in [1.29, 1.82) is 0 Å². The highest BCUT2D eigenvalue weighted by Gasteiger charge is 2.31. The van der Waals surface area contributed by atoms with Gasteiger partial charge in [0.15, 0.2) is 6.10 Å². The van der Waals surface area contributed by atoms with Gasteiger partial charge in [-0.2, -0.15) is 13.2 Å². The molecule has 1 atom stereocenters. The lowest BCUT2D eigenvalue weighted by Gasteiger charge is -2.20. The van der Waals surface area contributed by atoms with Gasteiger partial charge in [-0.25, -0.2) is 4.79 Å². The van der Waals surface area contributed by atoms with E-state index in [1.807, 2.05) is 0 Å². The van der Waals surface area contributed by atoms with Crippen molar-refractivity contribution in [2.75, 3.05) is 0 Å². The largest absolute Gasteiger partial charge is 0.449 e. The van der Waals surface area contributed by atoms with Crippen molar-refractivity contribution in [1.82, 2.24) is 0 Å². The van der Waals surface area contributed by atoms with E-state index in [2.05, 4.69) is 6.58 Å². The van der Waals surface area contributed by atoms with E-state index in [1.165, 1.54) is 19.1 Å². The summed E-state index contributed by atoms with van der Waals surface area (Å²) in [5, 5.41) is 0. The number of halogens is 3. The highest BCUT2D eigenvalue weighted by atomic mass is 19.4. The molecule has 0 spiro atoms. The molecule has 0 bridgehead atoms. The van der Waals surface area contributed by atoms with Crippen molar-refractivity contribution in [2.45, 2.75) is 19.2 Å². The van der Waals surface area contributed by atoms with Gasteiger partial charge in [0.1, 0.15) is 0 Å². The third kappa shape index (κ3) is 4.22. The van der Waals surface area contributed by atoms with Crippen LogP contribution in [0.3, 0.4) is 0 Å². The van der Waals surface area contributed by atoms with Crippen molar-refractivity contribution in [2.24, 2.45) is 0 Å². The summed E-state index contributed by atoms with van der Waals surface area (Å²) in [6.07, 6.45) is -5.39. The molecule has 0 amide bonds. The third-order valence-electron chi connectivity index (χ3n) is 3.19. The molecule has 23 heavy (non-hydrogen) atoms. The molecule has 0 aromatic heterocycles. The van der Waals surface area contributed by atoms with E-state index in [0.717, 1.165) is 12.1 Å². The monoisotopic (exact) mass is 320 g/mol. The molecule has 2 aromatic rings. The first-order chi connectivity index (χ1) is 10.8. The standard InChI is InChI=1S/C18H15F3O2/c1-12(2)17(22)23-16(13-7-4-3-5-8-13)14-9-6-10-15(11-14)18(19,20)21/h3-11,16H,1H2,2H3. The van der Waals surface area contributed by atoms with Gasteiger partial charge in [0.05, 0.1) is 5.56 Å². The molecule has 0 aliphatic carbocycles. The zero-order valence-corrected chi connectivity index (χ0v) is 12.4. The van der Waals surface area contributed by atoms with Crippen LogP contribution >= 0.6 is 0 Å². The van der Waals surface area contributed by atoms with Crippen LogP contribution in [0.4, 0.5) is 13.2 Å². The number of rotatable bonds is 4. The zero-order valence-electron chi connectivity index (χ0n) is 12.4. The Kier molecular flexibility index (Phi) is 4.89. The Morgan fingerprint density at radius 3 is 2.22 bits per heavy atom. The molecule has 120 valence electrons. The number of carbonyl (C=O) groups excluding carboxylic acids is 1. The summed E-state index contributed by atoms with van der Waals surface area (Å²) in [5.41, 5.74) is 0.224. The predicted molar refractivity (Wildman–Crippen MR) is 80.6 cm³/mol. The number of hydrogen-bond donors (Lipinski definition) is 0. The van der Waals surface area contributed by atoms with Gasteiger partial charge >= 0.3 is 12.1 Å². The first-order valence-electron chi connectivity index (χ1n) is 6.87. The van der Waals surface area contributed by atoms with E-state index in [0.29, 0.717) is 5.56 Å². The van der Waals surface area contributed by atoms with E-state index in [1.54, 1.807) is 30.3 Å². The van der Waals surface area contributed by atoms with Crippen LogP contribution in [0.25, 0.3) is 0 Å². The number of carbonyl (C=O) groups is 1. The fourth-order valence-electron chi connectivity index (χ4n) is 2.04. The number of alkyl halides is 3. The molecular formula is C18H15F3O2. The molecule has 1 unspecified atom stereocenters. The van der Waals surface area contributed by atoms with Crippen molar-refractivity contribution < 1.29 is 22.7 Å². The van der Waals surface area contributed by atoms with E-state index in [-0.39, 0.29) is 11.1 Å². The molecule has 0 N–H and O–H groups in total. The van der Waals surface area contributed by atoms with Gasteiger partial charge in [-0.1, -0.05) is 49.0 Å². The predicted octanol–water partition coefficient (Wildman–Crippen LogP) is 4.91. The first kappa shape index (κ1) is 16.8. The smallest absolute Gasteiger partial charge is 0.416 e. The molecule has 0 saturated carbocycles. The zero-order chi connectivity index (χ0) is 17.0. The summed E-state index contributed by atoms with van der Waals surface area (Å²) in [5.74, 6) is -0.656.